The van der Waals surface area contributed by atoms with Crippen LogP contribution in [0.5, 0.6) is 0 Å². The van der Waals surface area contributed by atoms with Crippen LogP contribution in [0, 0.1) is 0 Å². The molecule has 35 nitrogen and oxygen atoms in total. The molecule has 690 valence electrons. The molecule has 0 aromatic carbocycles. The van der Waals surface area contributed by atoms with Gasteiger partial charge in [0.25, 0.3) is 0 Å². The SMILES string of the molecule is C=CCCCCCCCCCOC[C@@H]1O[C@@H]2O[C@H]3[C@@H](OC)[C@H](OC)[C@@H](O[C@H]4[C@H](OC)[C@H](OC)[C@@H](O[C@H]5[C@H](OC)[C@@H](OC)[C@@H](O[C@H]6[C@H](OC)[C@@H](OC)[C@@H](O[C@H]7[C@H](OC)[C@@H](OC)[C@@H](O[C@H]8[C@H](OC)[C@@H](OC)[C@@H](O[C@H]1[C@H](OC)[C@H]2OC)O[C@H]8COC)O[C@H]7COC)O[C@H]6COC)O[C@@H]5COC)O[C@@H]4COCCCCCCCCCC=C)O[C@@H]3COC. The van der Waals surface area contributed by atoms with Crippen molar-refractivity contribution < 1.29 is 166 Å². The fraction of sp³-hybridized carbons (Fsp3) is 0.952. The van der Waals surface area contributed by atoms with Crippen LogP contribution >= 0.6 is 0 Å². The molecule has 35 heteroatoms. The fourth-order valence-corrected chi connectivity index (χ4v) is 17.7. The highest BCUT2D eigenvalue weighted by Crippen LogP contribution is 2.44. The summed E-state index contributed by atoms with van der Waals surface area (Å²) in [7, 11) is 29.2. The first-order valence-corrected chi connectivity index (χ1v) is 42.1. The van der Waals surface area contributed by atoms with Crippen molar-refractivity contribution in [3.8, 4) is 0 Å². The Kier molecular flexibility index (Phi) is 47.3. The largest absolute Gasteiger partial charge is 0.382 e. The Morgan fingerprint density at radius 3 is 0.492 bits per heavy atom. The van der Waals surface area contributed by atoms with Crippen LogP contribution in [0.4, 0.5) is 0 Å². The van der Waals surface area contributed by atoms with Crippen molar-refractivity contribution in [3.05, 3.63) is 25.3 Å². The van der Waals surface area contributed by atoms with E-state index in [0.29, 0.717) is 13.2 Å². The van der Waals surface area contributed by atoms with E-state index in [2.05, 4.69) is 13.2 Å². The van der Waals surface area contributed by atoms with Gasteiger partial charge in [-0.3, -0.25) is 0 Å². The number of hydrogen-bond donors (Lipinski definition) is 0. The quantitative estimate of drug-likeness (QED) is 0.0508. The van der Waals surface area contributed by atoms with Gasteiger partial charge >= 0.3 is 0 Å². The topological polar surface area (TPSA) is 323 Å². The Morgan fingerprint density at radius 2 is 0.339 bits per heavy atom. The lowest BCUT2D eigenvalue weighted by atomic mass is 9.94. The van der Waals surface area contributed by atoms with Crippen LogP contribution in [0.3, 0.4) is 0 Å². The third-order valence-corrected chi connectivity index (χ3v) is 23.6. The Bertz CT molecular complexity index is 2590. The average molecular weight is 1710 g/mol. The van der Waals surface area contributed by atoms with E-state index in [4.69, 9.17) is 166 Å². The standard InChI is InChI=1S/C83H148O35/c1-22-24-26-28-30-32-34-36-38-40-103-47-54-61-68(94-13)76(102-21)83(111-54)116-60-53(46-88-7)109-81(74(100-19)67(60)93-12)118-62-55(48-104-41-39-37-35-33-31-29-27-25-23-2)110-82(75(101-20)69(62)95-14)115-59-52(45-87-6)107-79(72(98-17)66(59)92-11)113-57-50(43-85-4)105-77(70(96-15)64(57)90-9)112-56-49(42-84-3)106-78(71(97-16)63(56)89-8)114-58-51(44-86-5)108-80(117-61)73(99-18)65(58)91-10/h22-23,49-83H,1-2,24-48H2,3-21H3/t49-,50-,51-,52+,53+,54-,55+,56+,57+,58+,59+,60+,61+,62+,63-,64-,65-,66-,67+,68-,69-,70+,71+,72+,73+,74-,75-,76+,77+,78+,79+,80+,81+,82+,83+/m0/s1. The highest BCUT2D eigenvalue weighted by atomic mass is 16.8. The number of ether oxygens (including phenoxy) is 35. The molecule has 21 aliphatic rings. The zero-order chi connectivity index (χ0) is 85.0. The van der Waals surface area contributed by atoms with E-state index in [0.717, 1.165) is 103 Å². The molecule has 21 saturated heterocycles. The smallest absolute Gasteiger partial charge is 0.187 e. The van der Waals surface area contributed by atoms with E-state index in [-0.39, 0.29) is 46.2 Å². The second-order valence-electron chi connectivity index (χ2n) is 30.8. The third-order valence-electron chi connectivity index (χ3n) is 23.6. The van der Waals surface area contributed by atoms with Crippen molar-refractivity contribution >= 4 is 0 Å². The first-order valence-electron chi connectivity index (χ1n) is 42.1. The van der Waals surface area contributed by atoms with Crippen molar-refractivity contribution in [3.63, 3.8) is 0 Å². The van der Waals surface area contributed by atoms with Gasteiger partial charge in [0.05, 0.1) is 46.2 Å². The molecule has 21 heterocycles. The van der Waals surface area contributed by atoms with Crippen LogP contribution < -0.4 is 0 Å². The maximum absolute atomic E-state index is 7.29. The number of hydrogen-bond acceptors (Lipinski definition) is 35. The molecule has 0 spiro atoms. The van der Waals surface area contributed by atoms with Gasteiger partial charge in [0.1, 0.15) is 171 Å². The van der Waals surface area contributed by atoms with Gasteiger partial charge in [0.2, 0.25) is 0 Å². The van der Waals surface area contributed by atoms with Crippen molar-refractivity contribution in [2.24, 2.45) is 0 Å². The van der Waals surface area contributed by atoms with E-state index >= 15 is 0 Å². The van der Waals surface area contributed by atoms with E-state index < -0.39 is 215 Å². The Balaban J connectivity index is 1.23. The molecule has 0 unspecified atom stereocenters. The lowest BCUT2D eigenvalue weighted by Crippen LogP contribution is -2.69. The lowest BCUT2D eigenvalue weighted by Gasteiger charge is -2.52. The van der Waals surface area contributed by atoms with Gasteiger partial charge in [-0.25, -0.2) is 0 Å². The van der Waals surface area contributed by atoms with E-state index in [1.54, 1.807) is 42.7 Å². The number of methoxy groups -OCH3 is 19. The van der Waals surface area contributed by atoms with Crippen LogP contribution in [0.25, 0.3) is 0 Å². The fourth-order valence-electron chi connectivity index (χ4n) is 17.7. The highest BCUT2D eigenvalue weighted by molar-refractivity contribution is 5.05. The minimum Gasteiger partial charge on any atom is -0.382 e. The lowest BCUT2D eigenvalue weighted by molar-refractivity contribution is -0.403. The summed E-state index contributed by atoms with van der Waals surface area (Å²) < 4.78 is 233. The average Bonchev–Trinajstić information content (AvgIpc) is 0.768. The van der Waals surface area contributed by atoms with Gasteiger partial charge in [-0.1, -0.05) is 76.4 Å². The van der Waals surface area contributed by atoms with Crippen LogP contribution in [-0.2, 0) is 166 Å². The molecule has 118 heavy (non-hydrogen) atoms. The summed E-state index contributed by atoms with van der Waals surface area (Å²) >= 11 is 0. The first kappa shape index (κ1) is 101. The maximum Gasteiger partial charge on any atom is 0.187 e. The van der Waals surface area contributed by atoms with Gasteiger partial charge in [-0.2, -0.15) is 0 Å². The summed E-state index contributed by atoms with van der Waals surface area (Å²) in [4.78, 5) is 0. The predicted molar refractivity (Wildman–Crippen MR) is 421 cm³/mol. The summed E-state index contributed by atoms with van der Waals surface area (Å²) in [6, 6.07) is 0. The molecule has 0 saturated carbocycles. The second kappa shape index (κ2) is 55.0. The molecule has 35 atom stereocenters. The summed E-state index contributed by atoms with van der Waals surface area (Å²) in [5.41, 5.74) is 0. The molecule has 0 radical (unpaired) electrons. The van der Waals surface area contributed by atoms with Crippen LogP contribution in [-0.4, -0.2) is 409 Å². The maximum atomic E-state index is 7.29. The molecule has 21 fully saturated rings. The zero-order valence-electron chi connectivity index (χ0n) is 73.7. The molecule has 21 rings (SSSR count). The summed E-state index contributed by atoms with van der Waals surface area (Å²) in [6.07, 6.45) is -15.6. The molecule has 0 aromatic rings. The highest BCUT2D eigenvalue weighted by Gasteiger charge is 2.62. The third kappa shape index (κ3) is 26.4. The molecule has 0 amide bonds. The molecule has 0 N–H and O–H groups in total. The monoisotopic (exact) mass is 1700 g/mol. The molecule has 0 aromatic heterocycles. The minimum absolute atomic E-state index is 0.00406. The van der Waals surface area contributed by atoms with Gasteiger partial charge in [0.15, 0.2) is 44.0 Å². The number of allylic oxidation sites excluding steroid dienone is 2. The molecule has 0 aliphatic carbocycles. The Hall–Kier alpha value is -1.92. The van der Waals surface area contributed by atoms with Crippen molar-refractivity contribution in [1.82, 2.24) is 0 Å². The van der Waals surface area contributed by atoms with Crippen molar-refractivity contribution in [2.75, 3.05) is 195 Å². The van der Waals surface area contributed by atoms with Crippen LogP contribution in [0.2, 0.25) is 0 Å². The van der Waals surface area contributed by atoms with E-state index in [1.165, 1.54) is 92.4 Å². The molecular formula is C83H148O35. The Morgan fingerprint density at radius 1 is 0.186 bits per heavy atom. The predicted octanol–water partition coefficient (Wildman–Crippen LogP) is 5.86. The Labute approximate surface area is 700 Å². The first-order chi connectivity index (χ1) is 57.7. The van der Waals surface area contributed by atoms with Gasteiger partial charge < -0.3 is 166 Å². The van der Waals surface area contributed by atoms with Gasteiger partial charge in [0, 0.05) is 148 Å². The van der Waals surface area contributed by atoms with E-state index in [9.17, 15) is 0 Å². The summed E-state index contributed by atoms with van der Waals surface area (Å²) in [5, 5.41) is 0. The zero-order valence-corrected chi connectivity index (χ0v) is 73.7. The number of rotatable bonds is 48. The van der Waals surface area contributed by atoms with Crippen molar-refractivity contribution in [1.29, 1.82) is 0 Å². The number of unbranched alkanes of at least 4 members (excludes halogenated alkanes) is 14. The second-order valence-corrected chi connectivity index (χ2v) is 30.8. The minimum atomic E-state index is -1.24. The van der Waals surface area contributed by atoms with Gasteiger partial charge in [-0.05, 0) is 38.5 Å². The van der Waals surface area contributed by atoms with Crippen LogP contribution in [0.1, 0.15) is 103 Å². The molecule has 14 bridgehead atoms. The van der Waals surface area contributed by atoms with Crippen molar-refractivity contribution in [2.45, 2.75) is 318 Å². The van der Waals surface area contributed by atoms with Gasteiger partial charge in [-0.15, -0.1) is 13.2 Å². The van der Waals surface area contributed by atoms with E-state index in [1.807, 2.05) is 12.2 Å². The normalized spacial score (nSPS) is 40.2. The van der Waals surface area contributed by atoms with Crippen LogP contribution in [0.15, 0.2) is 25.3 Å². The summed E-state index contributed by atoms with van der Waals surface area (Å²) in [6.45, 7) is 8.39. The summed E-state index contributed by atoms with van der Waals surface area (Å²) in [5.74, 6) is 0. The molecule has 21 aliphatic heterocycles. The molecular weight excluding hydrogens is 1560 g/mol.